The van der Waals surface area contributed by atoms with Gasteiger partial charge in [0, 0.05) is 24.0 Å². The molecule has 2 N–H and O–H groups in total. The topological polar surface area (TPSA) is 88.9 Å². The number of nitrogens with zero attached hydrogens (tertiary/aromatic N) is 3. The van der Waals surface area contributed by atoms with Gasteiger partial charge in [-0.3, -0.25) is 9.59 Å². The lowest BCUT2D eigenvalue weighted by Gasteiger charge is -2.12. The van der Waals surface area contributed by atoms with Crippen LogP contribution in [0, 0.1) is 0 Å². The molecular weight excluding hydrogens is 434 g/mol. The predicted molar refractivity (Wildman–Crippen MR) is 130 cm³/mol. The average Bonchev–Trinajstić information content (AvgIpc) is 3.24. The highest BCUT2D eigenvalue weighted by Crippen LogP contribution is 2.21. The van der Waals surface area contributed by atoms with Gasteiger partial charge in [0.25, 0.3) is 5.91 Å². The molecule has 33 heavy (non-hydrogen) atoms. The number of thioether (sulfide) groups is 1. The van der Waals surface area contributed by atoms with E-state index in [2.05, 4.69) is 33.0 Å². The number of hydrogen-bond acceptors (Lipinski definition) is 5. The third kappa shape index (κ3) is 6.08. The van der Waals surface area contributed by atoms with E-state index in [1.807, 2.05) is 49.5 Å². The zero-order valence-electron chi connectivity index (χ0n) is 18.1. The number of anilines is 2. The van der Waals surface area contributed by atoms with Crippen LogP contribution in [0.2, 0.25) is 0 Å². The molecule has 0 atom stereocenters. The normalized spacial score (nSPS) is 10.6. The van der Waals surface area contributed by atoms with Gasteiger partial charge in [-0.25, -0.2) is 0 Å². The Morgan fingerprint density at radius 3 is 2.52 bits per heavy atom. The second-order valence-corrected chi connectivity index (χ2v) is 8.36. The molecule has 0 saturated carbocycles. The van der Waals surface area contributed by atoms with Crippen LogP contribution in [0.25, 0.3) is 0 Å². The fourth-order valence-corrected chi connectivity index (χ4v) is 3.96. The first-order valence-electron chi connectivity index (χ1n) is 10.4. The van der Waals surface area contributed by atoms with Crippen molar-refractivity contribution in [1.29, 1.82) is 0 Å². The number of carbonyl (C=O) groups excluding carboxylic acids is 2. The van der Waals surface area contributed by atoms with Gasteiger partial charge in [-0.05, 0) is 41.8 Å². The highest BCUT2D eigenvalue weighted by atomic mass is 32.2. The summed E-state index contributed by atoms with van der Waals surface area (Å²) in [6.45, 7) is 0. The van der Waals surface area contributed by atoms with E-state index in [1.54, 1.807) is 35.2 Å². The number of rotatable bonds is 8. The zero-order chi connectivity index (χ0) is 23.0. The Kier molecular flexibility index (Phi) is 7.16. The Bertz CT molecular complexity index is 1260. The van der Waals surface area contributed by atoms with Crippen molar-refractivity contribution in [2.45, 2.75) is 11.6 Å². The first-order valence-corrected chi connectivity index (χ1v) is 11.4. The minimum atomic E-state index is -0.236. The molecule has 7 nitrogen and oxygen atoms in total. The summed E-state index contributed by atoms with van der Waals surface area (Å²) in [5.74, 6) is -0.232. The number of aryl methyl sites for hydroxylation is 1. The van der Waals surface area contributed by atoms with Gasteiger partial charge in [-0.15, -0.1) is 10.2 Å². The lowest BCUT2D eigenvalue weighted by molar-refractivity contribution is -0.113. The SMILES string of the molecule is Cn1cnnc1SCC(=O)Nc1cccc(C(=O)Nc2ccccc2Cc2ccccc2)c1. The van der Waals surface area contributed by atoms with Crippen molar-refractivity contribution in [3.05, 3.63) is 102 Å². The minimum absolute atomic E-state index is 0.186. The van der Waals surface area contributed by atoms with E-state index in [1.165, 1.54) is 17.3 Å². The van der Waals surface area contributed by atoms with Crippen molar-refractivity contribution >= 4 is 35.0 Å². The lowest BCUT2D eigenvalue weighted by Crippen LogP contribution is -2.16. The van der Waals surface area contributed by atoms with Crippen LogP contribution < -0.4 is 10.6 Å². The van der Waals surface area contributed by atoms with Crippen LogP contribution in [0.3, 0.4) is 0 Å². The summed E-state index contributed by atoms with van der Waals surface area (Å²) in [6.07, 6.45) is 2.30. The average molecular weight is 458 g/mol. The van der Waals surface area contributed by atoms with Gasteiger partial charge in [0.2, 0.25) is 5.91 Å². The number of nitrogens with one attached hydrogen (secondary N) is 2. The van der Waals surface area contributed by atoms with Crippen molar-refractivity contribution < 1.29 is 9.59 Å². The number of amides is 2. The second-order valence-electron chi connectivity index (χ2n) is 7.42. The summed E-state index contributed by atoms with van der Waals surface area (Å²) < 4.78 is 1.75. The summed E-state index contributed by atoms with van der Waals surface area (Å²) >= 11 is 1.29. The predicted octanol–water partition coefficient (Wildman–Crippen LogP) is 4.39. The molecule has 3 aromatic carbocycles. The summed E-state index contributed by atoms with van der Waals surface area (Å²) in [6, 6.07) is 24.8. The van der Waals surface area contributed by atoms with E-state index >= 15 is 0 Å². The number of benzene rings is 3. The van der Waals surface area contributed by atoms with Crippen molar-refractivity contribution in [2.75, 3.05) is 16.4 Å². The molecule has 0 bridgehead atoms. The molecule has 4 rings (SSSR count). The number of carbonyl (C=O) groups is 2. The molecule has 0 unspecified atom stereocenters. The minimum Gasteiger partial charge on any atom is -0.325 e. The van der Waals surface area contributed by atoms with Crippen molar-refractivity contribution in [3.8, 4) is 0 Å². The zero-order valence-corrected chi connectivity index (χ0v) is 18.9. The summed E-state index contributed by atoms with van der Waals surface area (Å²) in [5, 5.41) is 14.2. The number of para-hydroxylation sites is 1. The van der Waals surface area contributed by atoms with Crippen molar-refractivity contribution in [1.82, 2.24) is 14.8 Å². The molecule has 0 aliphatic heterocycles. The Balaban J connectivity index is 1.40. The summed E-state index contributed by atoms with van der Waals surface area (Å²) in [4.78, 5) is 25.2. The van der Waals surface area contributed by atoms with Crippen LogP contribution in [-0.4, -0.2) is 32.3 Å². The molecule has 0 radical (unpaired) electrons. The molecule has 0 saturated heterocycles. The maximum Gasteiger partial charge on any atom is 0.255 e. The lowest BCUT2D eigenvalue weighted by atomic mass is 10.0. The van der Waals surface area contributed by atoms with Gasteiger partial charge in [0.05, 0.1) is 5.75 Å². The van der Waals surface area contributed by atoms with Crippen LogP contribution in [0.1, 0.15) is 21.5 Å². The van der Waals surface area contributed by atoms with Gasteiger partial charge in [-0.1, -0.05) is 66.4 Å². The molecule has 1 aromatic heterocycles. The molecule has 0 fully saturated rings. The van der Waals surface area contributed by atoms with Crippen LogP contribution in [0.4, 0.5) is 11.4 Å². The van der Waals surface area contributed by atoms with Gasteiger partial charge >= 0.3 is 0 Å². The summed E-state index contributed by atoms with van der Waals surface area (Å²) in [7, 11) is 1.82. The fraction of sp³-hybridized carbons (Fsp3) is 0.120. The smallest absolute Gasteiger partial charge is 0.255 e. The molecule has 0 aliphatic rings. The van der Waals surface area contributed by atoms with Gasteiger partial charge in [0.1, 0.15) is 6.33 Å². The highest BCUT2D eigenvalue weighted by Gasteiger charge is 2.12. The van der Waals surface area contributed by atoms with Gasteiger partial charge in [0.15, 0.2) is 5.16 Å². The third-order valence-electron chi connectivity index (χ3n) is 4.91. The Morgan fingerprint density at radius 2 is 1.73 bits per heavy atom. The van der Waals surface area contributed by atoms with Crippen molar-refractivity contribution in [3.63, 3.8) is 0 Å². The first-order chi connectivity index (χ1) is 16.1. The standard InChI is InChI=1S/C25H23N5O2S/c1-30-17-26-29-25(30)33-16-23(31)27-21-12-7-11-20(15-21)24(32)28-22-13-6-5-10-19(22)14-18-8-3-2-4-9-18/h2-13,15,17H,14,16H2,1H3,(H,27,31)(H,28,32). The first kappa shape index (κ1) is 22.3. The van der Waals surface area contributed by atoms with E-state index in [0.29, 0.717) is 16.4 Å². The maximum atomic E-state index is 12.9. The molecule has 8 heteroatoms. The number of aromatic nitrogens is 3. The molecule has 1 heterocycles. The van der Waals surface area contributed by atoms with E-state index in [9.17, 15) is 9.59 Å². The summed E-state index contributed by atoms with van der Waals surface area (Å²) in [5.41, 5.74) is 3.98. The van der Waals surface area contributed by atoms with Crippen LogP contribution in [0.5, 0.6) is 0 Å². The van der Waals surface area contributed by atoms with Crippen molar-refractivity contribution in [2.24, 2.45) is 7.05 Å². The molecule has 166 valence electrons. The highest BCUT2D eigenvalue weighted by molar-refractivity contribution is 7.99. The Hall–Kier alpha value is -3.91. The molecule has 0 aliphatic carbocycles. The largest absolute Gasteiger partial charge is 0.325 e. The molecule has 0 spiro atoms. The van der Waals surface area contributed by atoms with E-state index < -0.39 is 0 Å². The quantitative estimate of drug-likeness (QED) is 0.383. The Morgan fingerprint density at radius 1 is 0.939 bits per heavy atom. The van der Waals surface area contributed by atoms with Gasteiger partial charge < -0.3 is 15.2 Å². The Labute approximate surface area is 196 Å². The molecule has 4 aromatic rings. The third-order valence-corrected chi connectivity index (χ3v) is 5.95. The van der Waals surface area contributed by atoms with Crippen LogP contribution in [-0.2, 0) is 18.3 Å². The van der Waals surface area contributed by atoms with Crippen LogP contribution >= 0.6 is 11.8 Å². The van der Waals surface area contributed by atoms with Gasteiger partial charge in [-0.2, -0.15) is 0 Å². The molecular formula is C25H23N5O2S. The van der Waals surface area contributed by atoms with Crippen LogP contribution in [0.15, 0.2) is 90.3 Å². The number of hydrogen-bond donors (Lipinski definition) is 2. The van der Waals surface area contributed by atoms with E-state index in [-0.39, 0.29) is 17.6 Å². The fourth-order valence-electron chi connectivity index (χ4n) is 3.28. The van der Waals surface area contributed by atoms with E-state index in [0.717, 1.165) is 17.7 Å². The van der Waals surface area contributed by atoms with E-state index in [4.69, 9.17) is 0 Å². The molecule has 2 amide bonds. The second kappa shape index (κ2) is 10.6. The monoisotopic (exact) mass is 457 g/mol. The maximum absolute atomic E-state index is 12.9.